The molecular formula is C12H13N3OS2. The zero-order valence-corrected chi connectivity index (χ0v) is 11.4. The van der Waals surface area contributed by atoms with Gasteiger partial charge in [0, 0.05) is 29.7 Å². The molecule has 0 saturated carbocycles. The third-order valence-corrected chi connectivity index (χ3v) is 4.34. The van der Waals surface area contributed by atoms with Crippen LogP contribution in [0.4, 0.5) is 0 Å². The Hall–Kier alpha value is -1.24. The van der Waals surface area contributed by atoms with Gasteiger partial charge in [0.05, 0.1) is 13.2 Å². The Bertz CT molecular complexity index is 465. The highest BCUT2D eigenvalue weighted by Gasteiger charge is 2.13. The van der Waals surface area contributed by atoms with Gasteiger partial charge in [-0.3, -0.25) is 0 Å². The van der Waals surface area contributed by atoms with Gasteiger partial charge in [-0.05, 0) is 23.0 Å². The summed E-state index contributed by atoms with van der Waals surface area (Å²) in [5.41, 5.74) is 1.16. The van der Waals surface area contributed by atoms with Crippen molar-refractivity contribution in [1.29, 1.82) is 0 Å². The number of thiophene rings is 1. The summed E-state index contributed by atoms with van der Waals surface area (Å²) in [4.78, 5) is 7.85. The Balaban J connectivity index is 1.92. The quantitative estimate of drug-likeness (QED) is 0.864. The lowest BCUT2D eigenvalue weighted by molar-refractivity contribution is 0.0596. The van der Waals surface area contributed by atoms with Crippen molar-refractivity contribution in [2.75, 3.05) is 26.3 Å². The number of nitrogens with zero attached hydrogens (tertiary/aromatic N) is 3. The lowest BCUT2D eigenvalue weighted by Crippen LogP contribution is -2.32. The summed E-state index contributed by atoms with van der Waals surface area (Å²) in [6, 6.07) is 4.19. The van der Waals surface area contributed by atoms with E-state index in [-0.39, 0.29) is 0 Å². The van der Waals surface area contributed by atoms with Crippen molar-refractivity contribution in [3.8, 4) is 0 Å². The van der Waals surface area contributed by atoms with E-state index in [9.17, 15) is 0 Å². The van der Waals surface area contributed by atoms with E-state index in [1.807, 2.05) is 0 Å². The molecular weight excluding hydrogens is 266 g/mol. The normalized spacial score (nSPS) is 17.1. The molecule has 1 saturated heterocycles. The largest absolute Gasteiger partial charge is 0.378 e. The van der Waals surface area contributed by atoms with E-state index in [1.165, 1.54) is 16.4 Å². The molecule has 3 rings (SSSR count). The van der Waals surface area contributed by atoms with Crippen molar-refractivity contribution in [1.82, 2.24) is 14.3 Å². The first-order chi connectivity index (χ1) is 8.93. The minimum Gasteiger partial charge on any atom is -0.378 e. The molecule has 1 aliphatic heterocycles. The van der Waals surface area contributed by atoms with E-state index in [1.54, 1.807) is 17.7 Å². The zero-order valence-electron chi connectivity index (χ0n) is 9.78. The van der Waals surface area contributed by atoms with Gasteiger partial charge in [0.15, 0.2) is 0 Å². The highest BCUT2D eigenvalue weighted by molar-refractivity contribution is 7.12. The van der Waals surface area contributed by atoms with Crippen LogP contribution in [0.25, 0.3) is 5.57 Å². The Kier molecular flexibility index (Phi) is 3.68. The SMILES string of the molecule is C(=C(\c1cccs1)c1ncns1)/N1CCOCC1. The van der Waals surface area contributed by atoms with Gasteiger partial charge in [0.25, 0.3) is 0 Å². The molecule has 2 aromatic rings. The summed E-state index contributed by atoms with van der Waals surface area (Å²) < 4.78 is 9.47. The first-order valence-corrected chi connectivity index (χ1v) is 7.43. The molecule has 6 heteroatoms. The van der Waals surface area contributed by atoms with Gasteiger partial charge in [-0.25, -0.2) is 4.98 Å². The van der Waals surface area contributed by atoms with Crippen molar-refractivity contribution >= 4 is 28.4 Å². The Morgan fingerprint density at radius 1 is 1.39 bits per heavy atom. The molecule has 1 aliphatic rings. The van der Waals surface area contributed by atoms with Gasteiger partial charge in [0.2, 0.25) is 0 Å². The smallest absolute Gasteiger partial charge is 0.146 e. The molecule has 18 heavy (non-hydrogen) atoms. The zero-order chi connectivity index (χ0) is 12.2. The predicted octanol–water partition coefficient (Wildman–Crippen LogP) is 2.32. The van der Waals surface area contributed by atoms with Crippen LogP contribution in [-0.4, -0.2) is 40.6 Å². The number of morpholine rings is 1. The van der Waals surface area contributed by atoms with Crippen molar-refractivity contribution < 1.29 is 4.74 Å². The van der Waals surface area contributed by atoms with Crippen LogP contribution in [0.5, 0.6) is 0 Å². The van der Waals surface area contributed by atoms with Gasteiger partial charge >= 0.3 is 0 Å². The minimum absolute atomic E-state index is 0.796. The number of aromatic nitrogens is 2. The van der Waals surface area contributed by atoms with Gasteiger partial charge in [-0.15, -0.1) is 11.3 Å². The van der Waals surface area contributed by atoms with Crippen LogP contribution < -0.4 is 0 Å². The van der Waals surface area contributed by atoms with Crippen LogP contribution >= 0.6 is 22.9 Å². The fraction of sp³-hybridized carbons (Fsp3) is 0.333. The standard InChI is InChI=1S/C12H13N3OS2/c1-2-11(17-7-1)10(12-13-9-14-18-12)8-15-3-5-16-6-4-15/h1-2,7-9H,3-6H2/b10-8-. The molecule has 0 bridgehead atoms. The summed E-state index contributed by atoms with van der Waals surface area (Å²) in [6.07, 6.45) is 3.80. The van der Waals surface area contributed by atoms with Gasteiger partial charge in [-0.1, -0.05) is 6.07 Å². The number of hydrogen-bond donors (Lipinski definition) is 0. The molecule has 94 valence electrons. The molecule has 0 amide bonds. The monoisotopic (exact) mass is 279 g/mol. The third-order valence-electron chi connectivity index (χ3n) is 2.74. The molecule has 0 spiro atoms. The van der Waals surface area contributed by atoms with E-state index in [2.05, 4.69) is 38.0 Å². The summed E-state index contributed by atoms with van der Waals surface area (Å²) in [5.74, 6) is 0. The maximum atomic E-state index is 5.37. The molecule has 0 atom stereocenters. The maximum absolute atomic E-state index is 5.37. The summed E-state index contributed by atoms with van der Waals surface area (Å²) in [5, 5.41) is 3.06. The Morgan fingerprint density at radius 3 is 2.94 bits per heavy atom. The minimum atomic E-state index is 0.796. The van der Waals surface area contributed by atoms with Crippen LogP contribution in [0.3, 0.4) is 0 Å². The molecule has 1 fully saturated rings. The van der Waals surface area contributed by atoms with Crippen molar-refractivity contribution in [2.24, 2.45) is 0 Å². The van der Waals surface area contributed by atoms with Crippen molar-refractivity contribution in [2.45, 2.75) is 0 Å². The average molecular weight is 279 g/mol. The Labute approximate surface area is 114 Å². The van der Waals surface area contributed by atoms with Gasteiger partial charge in [-0.2, -0.15) is 4.37 Å². The molecule has 4 nitrogen and oxygen atoms in total. The third kappa shape index (κ3) is 2.60. The second-order valence-electron chi connectivity index (χ2n) is 3.91. The molecule has 0 aromatic carbocycles. The molecule has 0 N–H and O–H groups in total. The summed E-state index contributed by atoms with van der Waals surface area (Å²) >= 11 is 3.17. The first-order valence-electron chi connectivity index (χ1n) is 5.78. The van der Waals surface area contributed by atoms with Crippen molar-refractivity contribution in [3.63, 3.8) is 0 Å². The highest BCUT2D eigenvalue weighted by Crippen LogP contribution is 2.28. The lowest BCUT2D eigenvalue weighted by atomic mass is 10.2. The summed E-state index contributed by atoms with van der Waals surface area (Å²) in [7, 11) is 0. The van der Waals surface area contributed by atoms with E-state index in [0.29, 0.717) is 0 Å². The second-order valence-corrected chi connectivity index (χ2v) is 5.64. The number of ether oxygens (including phenoxy) is 1. The average Bonchev–Trinajstić information content (AvgIpc) is 3.11. The van der Waals surface area contributed by atoms with Gasteiger partial charge in [0.1, 0.15) is 11.3 Å². The van der Waals surface area contributed by atoms with E-state index < -0.39 is 0 Å². The van der Waals surface area contributed by atoms with Gasteiger partial charge < -0.3 is 9.64 Å². The molecule has 0 radical (unpaired) electrons. The highest BCUT2D eigenvalue weighted by atomic mass is 32.1. The van der Waals surface area contributed by atoms with E-state index in [0.717, 1.165) is 36.9 Å². The van der Waals surface area contributed by atoms with Crippen LogP contribution in [0.15, 0.2) is 30.0 Å². The topological polar surface area (TPSA) is 38.2 Å². The van der Waals surface area contributed by atoms with E-state index in [4.69, 9.17) is 4.74 Å². The molecule has 3 heterocycles. The van der Waals surface area contributed by atoms with Crippen molar-refractivity contribution in [3.05, 3.63) is 39.9 Å². The van der Waals surface area contributed by atoms with Crippen LogP contribution in [-0.2, 0) is 4.74 Å². The Morgan fingerprint density at radius 2 is 2.28 bits per heavy atom. The molecule has 0 aliphatic carbocycles. The van der Waals surface area contributed by atoms with Crippen LogP contribution in [0, 0.1) is 0 Å². The van der Waals surface area contributed by atoms with Crippen LogP contribution in [0.2, 0.25) is 0 Å². The number of rotatable bonds is 3. The fourth-order valence-electron chi connectivity index (χ4n) is 1.84. The molecule has 0 unspecified atom stereocenters. The van der Waals surface area contributed by atoms with Crippen LogP contribution in [0.1, 0.15) is 9.88 Å². The first kappa shape index (κ1) is 11.8. The fourth-order valence-corrected chi connectivity index (χ4v) is 3.19. The lowest BCUT2D eigenvalue weighted by Gasteiger charge is -2.26. The second kappa shape index (κ2) is 5.60. The number of hydrogen-bond acceptors (Lipinski definition) is 6. The maximum Gasteiger partial charge on any atom is 0.146 e. The van der Waals surface area contributed by atoms with E-state index >= 15 is 0 Å². The summed E-state index contributed by atoms with van der Waals surface area (Å²) in [6.45, 7) is 3.47. The predicted molar refractivity (Wildman–Crippen MR) is 73.7 cm³/mol. The molecule has 2 aromatic heterocycles.